The average molecular weight is 213 g/mol. The molecule has 0 aliphatic heterocycles. The van der Waals surface area contributed by atoms with E-state index in [0.717, 1.165) is 19.4 Å². The highest BCUT2D eigenvalue weighted by Crippen LogP contribution is 2.19. The van der Waals surface area contributed by atoms with Gasteiger partial charge in [-0.15, -0.1) is 6.58 Å². The molecular weight excluding hydrogens is 190 g/mol. The van der Waals surface area contributed by atoms with Gasteiger partial charge in [0, 0.05) is 6.04 Å². The Labute approximate surface area is 92.6 Å². The number of hydrogen-bond donors (Lipinski definition) is 2. The zero-order valence-electron chi connectivity index (χ0n) is 10.0. The van der Waals surface area contributed by atoms with Crippen molar-refractivity contribution in [2.75, 3.05) is 6.54 Å². The van der Waals surface area contributed by atoms with Crippen LogP contribution in [0.2, 0.25) is 0 Å². The molecule has 0 aromatic carbocycles. The van der Waals surface area contributed by atoms with Gasteiger partial charge in [0.2, 0.25) is 0 Å². The van der Waals surface area contributed by atoms with Gasteiger partial charge in [0.05, 0.1) is 5.41 Å². The van der Waals surface area contributed by atoms with E-state index in [1.807, 2.05) is 6.08 Å². The van der Waals surface area contributed by atoms with Gasteiger partial charge in [-0.2, -0.15) is 0 Å². The van der Waals surface area contributed by atoms with Crippen LogP contribution in [0, 0.1) is 5.41 Å². The van der Waals surface area contributed by atoms with Gasteiger partial charge in [-0.05, 0) is 46.6 Å². The van der Waals surface area contributed by atoms with Crippen LogP contribution in [0.15, 0.2) is 12.7 Å². The van der Waals surface area contributed by atoms with E-state index in [-0.39, 0.29) is 0 Å². The standard InChI is InChI=1S/C12H23NO2/c1-5-6-7-10(2)13-9-8-12(3,4)11(14)15/h5,10,13H,1,6-9H2,2-4H3,(H,14,15). The lowest BCUT2D eigenvalue weighted by Crippen LogP contribution is -2.33. The molecule has 0 aliphatic carbocycles. The van der Waals surface area contributed by atoms with E-state index in [4.69, 9.17) is 5.11 Å². The van der Waals surface area contributed by atoms with Gasteiger partial charge < -0.3 is 10.4 Å². The number of aliphatic carboxylic acids is 1. The second-order valence-electron chi connectivity index (χ2n) is 4.66. The third-order valence-electron chi connectivity index (χ3n) is 2.63. The van der Waals surface area contributed by atoms with Gasteiger partial charge in [0.15, 0.2) is 0 Å². The molecule has 0 spiro atoms. The lowest BCUT2D eigenvalue weighted by Gasteiger charge is -2.20. The summed E-state index contributed by atoms with van der Waals surface area (Å²) >= 11 is 0. The van der Waals surface area contributed by atoms with E-state index < -0.39 is 11.4 Å². The van der Waals surface area contributed by atoms with E-state index in [2.05, 4.69) is 18.8 Å². The maximum Gasteiger partial charge on any atom is 0.309 e. The minimum absolute atomic E-state index is 0.424. The molecule has 3 nitrogen and oxygen atoms in total. The fourth-order valence-corrected chi connectivity index (χ4v) is 1.21. The van der Waals surface area contributed by atoms with Crippen LogP contribution in [-0.2, 0) is 4.79 Å². The number of carboxylic acids is 1. The summed E-state index contributed by atoms with van der Waals surface area (Å²) in [6.45, 7) is 10.0. The monoisotopic (exact) mass is 213 g/mol. The van der Waals surface area contributed by atoms with Crippen molar-refractivity contribution in [1.82, 2.24) is 5.32 Å². The van der Waals surface area contributed by atoms with Crippen LogP contribution in [0.25, 0.3) is 0 Å². The Hall–Kier alpha value is -0.830. The SMILES string of the molecule is C=CCCC(C)NCCC(C)(C)C(=O)O. The summed E-state index contributed by atoms with van der Waals surface area (Å²) < 4.78 is 0. The predicted octanol–water partition coefficient (Wildman–Crippen LogP) is 2.43. The van der Waals surface area contributed by atoms with Gasteiger partial charge in [-0.1, -0.05) is 6.08 Å². The molecule has 0 bridgehead atoms. The molecule has 0 rings (SSSR count). The molecular formula is C12H23NO2. The molecule has 0 saturated heterocycles. The largest absolute Gasteiger partial charge is 0.481 e. The van der Waals surface area contributed by atoms with Crippen molar-refractivity contribution < 1.29 is 9.90 Å². The highest BCUT2D eigenvalue weighted by Gasteiger charge is 2.26. The quantitative estimate of drug-likeness (QED) is 0.609. The number of nitrogens with one attached hydrogen (secondary N) is 1. The third kappa shape index (κ3) is 6.28. The Morgan fingerprint density at radius 1 is 1.60 bits per heavy atom. The number of hydrogen-bond acceptors (Lipinski definition) is 2. The molecule has 0 fully saturated rings. The number of rotatable bonds is 8. The van der Waals surface area contributed by atoms with E-state index in [1.54, 1.807) is 13.8 Å². The first-order valence-corrected chi connectivity index (χ1v) is 5.48. The second-order valence-corrected chi connectivity index (χ2v) is 4.66. The van der Waals surface area contributed by atoms with Gasteiger partial charge in [0.1, 0.15) is 0 Å². The third-order valence-corrected chi connectivity index (χ3v) is 2.63. The molecule has 0 aromatic rings. The molecule has 0 saturated carbocycles. The minimum Gasteiger partial charge on any atom is -0.481 e. The van der Waals surface area contributed by atoms with Gasteiger partial charge >= 0.3 is 5.97 Å². The zero-order valence-corrected chi connectivity index (χ0v) is 10.0. The zero-order chi connectivity index (χ0) is 11.9. The first-order chi connectivity index (χ1) is 6.90. The summed E-state index contributed by atoms with van der Waals surface area (Å²) in [5, 5.41) is 12.2. The van der Waals surface area contributed by atoms with Crippen LogP contribution in [0.3, 0.4) is 0 Å². The Morgan fingerprint density at radius 3 is 2.67 bits per heavy atom. The predicted molar refractivity (Wildman–Crippen MR) is 62.9 cm³/mol. The van der Waals surface area contributed by atoms with Crippen LogP contribution in [0.4, 0.5) is 0 Å². The number of allylic oxidation sites excluding steroid dienone is 1. The fourth-order valence-electron chi connectivity index (χ4n) is 1.21. The van der Waals surface area contributed by atoms with Crippen LogP contribution in [0.1, 0.15) is 40.0 Å². The minimum atomic E-state index is -0.733. The first kappa shape index (κ1) is 14.2. The van der Waals surface area contributed by atoms with Crippen LogP contribution < -0.4 is 5.32 Å². The normalized spacial score (nSPS) is 13.5. The summed E-state index contributed by atoms with van der Waals surface area (Å²) in [4.78, 5) is 10.8. The van der Waals surface area contributed by atoms with E-state index in [1.165, 1.54) is 0 Å². The number of carboxylic acid groups (broad SMARTS) is 1. The molecule has 1 unspecified atom stereocenters. The molecule has 0 aliphatic rings. The van der Waals surface area contributed by atoms with Crippen LogP contribution in [-0.4, -0.2) is 23.7 Å². The highest BCUT2D eigenvalue weighted by molar-refractivity contribution is 5.73. The van der Waals surface area contributed by atoms with Gasteiger partial charge in [-0.25, -0.2) is 0 Å². The summed E-state index contributed by atoms with van der Waals surface area (Å²) in [6.07, 6.45) is 4.60. The molecule has 15 heavy (non-hydrogen) atoms. The topological polar surface area (TPSA) is 49.3 Å². The first-order valence-electron chi connectivity index (χ1n) is 5.48. The Bertz CT molecular complexity index is 212. The molecule has 0 heterocycles. The highest BCUT2D eigenvalue weighted by atomic mass is 16.4. The molecule has 0 amide bonds. The Morgan fingerprint density at radius 2 is 2.20 bits per heavy atom. The van der Waals surface area contributed by atoms with Crippen molar-refractivity contribution in [3.63, 3.8) is 0 Å². The van der Waals surface area contributed by atoms with Gasteiger partial charge in [-0.3, -0.25) is 4.79 Å². The van der Waals surface area contributed by atoms with E-state index in [0.29, 0.717) is 12.5 Å². The van der Waals surface area contributed by atoms with Crippen molar-refractivity contribution >= 4 is 5.97 Å². The van der Waals surface area contributed by atoms with Crippen molar-refractivity contribution in [3.8, 4) is 0 Å². The summed E-state index contributed by atoms with van der Waals surface area (Å²) in [5.41, 5.74) is -0.634. The van der Waals surface area contributed by atoms with Crippen molar-refractivity contribution in [2.24, 2.45) is 5.41 Å². The smallest absolute Gasteiger partial charge is 0.309 e. The van der Waals surface area contributed by atoms with Crippen molar-refractivity contribution in [3.05, 3.63) is 12.7 Å². The molecule has 88 valence electrons. The van der Waals surface area contributed by atoms with E-state index >= 15 is 0 Å². The maximum absolute atomic E-state index is 10.8. The maximum atomic E-state index is 10.8. The lowest BCUT2D eigenvalue weighted by molar-refractivity contribution is -0.147. The van der Waals surface area contributed by atoms with Crippen LogP contribution >= 0.6 is 0 Å². The fraction of sp³-hybridized carbons (Fsp3) is 0.750. The second kappa shape index (κ2) is 6.62. The Kier molecular flexibility index (Phi) is 6.25. The van der Waals surface area contributed by atoms with Crippen LogP contribution in [0.5, 0.6) is 0 Å². The van der Waals surface area contributed by atoms with E-state index in [9.17, 15) is 4.79 Å². The Balaban J connectivity index is 3.69. The van der Waals surface area contributed by atoms with Crippen molar-refractivity contribution in [1.29, 1.82) is 0 Å². The molecule has 1 atom stereocenters. The lowest BCUT2D eigenvalue weighted by atomic mass is 9.89. The summed E-state index contributed by atoms with van der Waals surface area (Å²) in [7, 11) is 0. The molecule has 0 aromatic heterocycles. The number of carbonyl (C=O) groups is 1. The summed E-state index contributed by atoms with van der Waals surface area (Å²) in [5.74, 6) is -0.733. The molecule has 0 radical (unpaired) electrons. The molecule has 3 heteroatoms. The average Bonchev–Trinajstić information content (AvgIpc) is 2.14. The molecule has 2 N–H and O–H groups in total. The van der Waals surface area contributed by atoms with Gasteiger partial charge in [0.25, 0.3) is 0 Å². The summed E-state index contributed by atoms with van der Waals surface area (Å²) in [6, 6.07) is 0.424. The van der Waals surface area contributed by atoms with Crippen molar-refractivity contribution in [2.45, 2.75) is 46.1 Å².